The van der Waals surface area contributed by atoms with Crippen LogP contribution in [0, 0.1) is 11.7 Å². The van der Waals surface area contributed by atoms with Crippen LogP contribution in [-0.4, -0.2) is 27.5 Å². The van der Waals surface area contributed by atoms with E-state index in [0.29, 0.717) is 17.3 Å². The molecule has 5 nitrogen and oxygen atoms in total. The Hall–Kier alpha value is -2.24. The first-order chi connectivity index (χ1) is 11.2. The molecule has 1 aliphatic carbocycles. The predicted octanol–water partition coefficient (Wildman–Crippen LogP) is 3.34. The van der Waals surface area contributed by atoms with Gasteiger partial charge in [0.15, 0.2) is 0 Å². The number of hydrogen-bond donors (Lipinski definition) is 0. The monoisotopic (exact) mass is 315 g/mol. The number of likely N-dealkylation sites (tertiary alicyclic amines) is 1. The average molecular weight is 315 g/mol. The smallest absolute Gasteiger partial charge is 0.249 e. The van der Waals surface area contributed by atoms with E-state index in [-0.39, 0.29) is 23.7 Å². The summed E-state index contributed by atoms with van der Waals surface area (Å²) in [7, 11) is 0. The number of nitrogens with zero attached hydrogens (tertiary/aromatic N) is 3. The zero-order chi connectivity index (χ0) is 15.8. The van der Waals surface area contributed by atoms with Crippen molar-refractivity contribution in [3.8, 4) is 11.4 Å². The molecule has 1 saturated carbocycles. The molecule has 2 aromatic rings. The van der Waals surface area contributed by atoms with Gasteiger partial charge in [-0.05, 0) is 37.8 Å². The van der Waals surface area contributed by atoms with Crippen LogP contribution in [0.25, 0.3) is 11.4 Å². The van der Waals surface area contributed by atoms with E-state index in [0.717, 1.165) is 38.6 Å². The maximum absolute atomic E-state index is 13.3. The Labute approximate surface area is 133 Å². The van der Waals surface area contributed by atoms with Crippen molar-refractivity contribution in [2.24, 2.45) is 5.92 Å². The number of rotatable bonds is 3. The van der Waals surface area contributed by atoms with Gasteiger partial charge in [-0.3, -0.25) is 4.79 Å². The normalized spacial score (nSPS) is 21.4. The minimum absolute atomic E-state index is 0.141. The van der Waals surface area contributed by atoms with Crippen molar-refractivity contribution in [2.75, 3.05) is 6.54 Å². The third kappa shape index (κ3) is 2.62. The Balaban J connectivity index is 1.56. The van der Waals surface area contributed by atoms with E-state index in [9.17, 15) is 9.18 Å². The lowest BCUT2D eigenvalue weighted by atomic mass is 9.84. The lowest BCUT2D eigenvalue weighted by Gasteiger charge is -2.31. The highest BCUT2D eigenvalue weighted by Crippen LogP contribution is 2.37. The lowest BCUT2D eigenvalue weighted by Crippen LogP contribution is -2.38. The van der Waals surface area contributed by atoms with Crippen LogP contribution in [0.4, 0.5) is 4.39 Å². The van der Waals surface area contributed by atoms with Crippen molar-refractivity contribution < 1.29 is 13.7 Å². The van der Waals surface area contributed by atoms with Gasteiger partial charge in [-0.1, -0.05) is 23.7 Å². The van der Waals surface area contributed by atoms with E-state index >= 15 is 0 Å². The standard InChI is InChI=1S/C17H18FN3O2/c18-13-7-2-6-12(10-13)15-19-16(23-20-15)14-8-3-9-21(14)17(22)11-4-1-5-11/h2,6-7,10-11,14H,1,3-5,8-9H2/t14-/m0/s1. The molecule has 23 heavy (non-hydrogen) atoms. The van der Waals surface area contributed by atoms with E-state index in [4.69, 9.17) is 4.52 Å². The van der Waals surface area contributed by atoms with Gasteiger partial charge < -0.3 is 9.42 Å². The Morgan fingerprint density at radius 1 is 1.26 bits per heavy atom. The number of halogens is 1. The molecule has 2 aliphatic rings. The number of hydrogen-bond acceptors (Lipinski definition) is 4. The van der Waals surface area contributed by atoms with E-state index in [1.165, 1.54) is 12.1 Å². The van der Waals surface area contributed by atoms with Gasteiger partial charge in [-0.15, -0.1) is 0 Å². The quantitative estimate of drug-likeness (QED) is 0.871. The number of amides is 1. The summed E-state index contributed by atoms with van der Waals surface area (Å²) in [6.07, 6.45) is 4.89. The van der Waals surface area contributed by atoms with E-state index in [1.54, 1.807) is 12.1 Å². The zero-order valence-corrected chi connectivity index (χ0v) is 12.7. The first kappa shape index (κ1) is 14.4. The molecule has 0 N–H and O–H groups in total. The number of benzene rings is 1. The molecule has 4 rings (SSSR count). The van der Waals surface area contributed by atoms with Gasteiger partial charge >= 0.3 is 0 Å². The van der Waals surface area contributed by atoms with Gasteiger partial charge in [0.2, 0.25) is 17.6 Å². The van der Waals surface area contributed by atoms with Crippen LogP contribution in [0.5, 0.6) is 0 Å². The van der Waals surface area contributed by atoms with Crippen molar-refractivity contribution >= 4 is 5.91 Å². The molecule has 6 heteroatoms. The summed E-state index contributed by atoms with van der Waals surface area (Å²) in [5, 5.41) is 3.95. The minimum Gasteiger partial charge on any atom is -0.337 e. The fourth-order valence-corrected chi connectivity index (χ4v) is 3.29. The summed E-state index contributed by atoms with van der Waals surface area (Å²) in [6.45, 7) is 0.748. The maximum atomic E-state index is 13.3. The van der Waals surface area contributed by atoms with Crippen LogP contribution in [0.15, 0.2) is 28.8 Å². The highest BCUT2D eigenvalue weighted by molar-refractivity contribution is 5.80. The first-order valence-electron chi connectivity index (χ1n) is 8.12. The van der Waals surface area contributed by atoms with E-state index < -0.39 is 0 Å². The molecule has 120 valence electrons. The molecule has 2 fully saturated rings. The molecule has 1 saturated heterocycles. The molecule has 1 aliphatic heterocycles. The Bertz CT molecular complexity index is 726. The van der Waals surface area contributed by atoms with Crippen LogP contribution in [-0.2, 0) is 4.79 Å². The van der Waals surface area contributed by atoms with Crippen LogP contribution in [0.3, 0.4) is 0 Å². The summed E-state index contributed by atoms with van der Waals surface area (Å²) in [6, 6.07) is 5.96. The molecule has 0 bridgehead atoms. The van der Waals surface area contributed by atoms with Crippen molar-refractivity contribution in [3.63, 3.8) is 0 Å². The van der Waals surface area contributed by atoms with Crippen LogP contribution < -0.4 is 0 Å². The number of carbonyl (C=O) groups is 1. The molecular formula is C17H18FN3O2. The SMILES string of the molecule is O=C(C1CCC1)N1CCC[C@H]1c1nc(-c2cccc(F)c2)no1. The van der Waals surface area contributed by atoms with Gasteiger partial charge in [0.1, 0.15) is 11.9 Å². The first-order valence-corrected chi connectivity index (χ1v) is 8.12. The molecule has 1 aromatic heterocycles. The zero-order valence-electron chi connectivity index (χ0n) is 12.7. The van der Waals surface area contributed by atoms with Gasteiger partial charge in [0, 0.05) is 18.0 Å². The van der Waals surface area contributed by atoms with Crippen molar-refractivity contribution in [2.45, 2.75) is 38.1 Å². The van der Waals surface area contributed by atoms with Crippen LogP contribution in [0.2, 0.25) is 0 Å². The Kier molecular flexibility index (Phi) is 3.59. The van der Waals surface area contributed by atoms with Crippen molar-refractivity contribution in [1.29, 1.82) is 0 Å². The number of carbonyl (C=O) groups excluding carboxylic acids is 1. The summed E-state index contributed by atoms with van der Waals surface area (Å²) >= 11 is 0. The maximum Gasteiger partial charge on any atom is 0.249 e. The third-order valence-electron chi connectivity index (χ3n) is 4.80. The fraction of sp³-hybridized carbons (Fsp3) is 0.471. The minimum atomic E-state index is -0.337. The Morgan fingerprint density at radius 3 is 2.87 bits per heavy atom. The van der Waals surface area contributed by atoms with Gasteiger partial charge in [0.25, 0.3) is 0 Å². The van der Waals surface area contributed by atoms with E-state index in [2.05, 4.69) is 10.1 Å². The molecular weight excluding hydrogens is 297 g/mol. The van der Waals surface area contributed by atoms with Gasteiger partial charge in [-0.2, -0.15) is 4.98 Å². The second kappa shape index (κ2) is 5.76. The lowest BCUT2D eigenvalue weighted by molar-refractivity contribution is -0.139. The molecule has 1 aromatic carbocycles. The third-order valence-corrected chi connectivity index (χ3v) is 4.80. The number of aromatic nitrogens is 2. The molecule has 0 spiro atoms. The molecule has 1 atom stereocenters. The average Bonchev–Trinajstić information content (AvgIpc) is 3.14. The summed E-state index contributed by atoms with van der Waals surface area (Å²) < 4.78 is 18.7. The van der Waals surface area contributed by atoms with Gasteiger partial charge in [0.05, 0.1) is 0 Å². The second-order valence-corrected chi connectivity index (χ2v) is 6.28. The van der Waals surface area contributed by atoms with Crippen molar-refractivity contribution in [3.05, 3.63) is 36.0 Å². The van der Waals surface area contributed by atoms with E-state index in [1.807, 2.05) is 4.90 Å². The summed E-state index contributed by atoms with van der Waals surface area (Å²) in [5.41, 5.74) is 0.579. The second-order valence-electron chi connectivity index (χ2n) is 6.28. The fourth-order valence-electron chi connectivity index (χ4n) is 3.29. The Morgan fingerprint density at radius 2 is 2.13 bits per heavy atom. The van der Waals surface area contributed by atoms with Crippen LogP contribution >= 0.6 is 0 Å². The molecule has 1 amide bonds. The molecule has 0 radical (unpaired) electrons. The van der Waals surface area contributed by atoms with Crippen LogP contribution in [0.1, 0.15) is 44.0 Å². The largest absolute Gasteiger partial charge is 0.337 e. The predicted molar refractivity (Wildman–Crippen MR) is 80.7 cm³/mol. The van der Waals surface area contributed by atoms with Gasteiger partial charge in [-0.25, -0.2) is 4.39 Å². The summed E-state index contributed by atoms with van der Waals surface area (Å²) in [4.78, 5) is 18.8. The molecule has 0 unspecified atom stereocenters. The highest BCUT2D eigenvalue weighted by Gasteiger charge is 2.38. The topological polar surface area (TPSA) is 59.2 Å². The molecule has 2 heterocycles. The van der Waals surface area contributed by atoms with Crippen molar-refractivity contribution in [1.82, 2.24) is 15.0 Å². The summed E-state index contributed by atoms with van der Waals surface area (Å²) in [5.74, 6) is 0.860. The highest BCUT2D eigenvalue weighted by atomic mass is 19.1.